The number of esters is 4. The molecule has 0 radical (unpaired) electrons. The Morgan fingerprint density at radius 3 is 0.811 bits per heavy atom. The first kappa shape index (κ1) is 34.7. The van der Waals surface area contributed by atoms with Crippen molar-refractivity contribution < 1.29 is 57.1 Å². The summed E-state index contributed by atoms with van der Waals surface area (Å²) in [7, 11) is 0. The lowest BCUT2D eigenvalue weighted by molar-refractivity contribution is -0.142. The zero-order chi connectivity index (χ0) is 27.8. The molecule has 0 aromatic rings. The van der Waals surface area contributed by atoms with Gasteiger partial charge in [-0.05, 0) is 0 Å². The van der Waals surface area contributed by atoms with E-state index in [-0.39, 0.29) is 76.7 Å². The average Bonchev–Trinajstić information content (AvgIpc) is 2.82. The molecule has 0 aliphatic heterocycles. The van der Waals surface area contributed by atoms with Crippen LogP contribution in [0, 0.1) is 5.41 Å². The van der Waals surface area contributed by atoms with Crippen LogP contribution in [-0.4, -0.2) is 103 Å². The molecule has 0 spiro atoms. The average molecular weight is 537 g/mol. The Hall–Kier alpha value is -2.28. The van der Waals surface area contributed by atoms with Crippen LogP contribution in [0.1, 0.15) is 53.4 Å². The van der Waals surface area contributed by atoms with Gasteiger partial charge in [-0.2, -0.15) is 0 Å². The fraction of sp³-hybridized carbons (Fsp3) is 0.840. The Labute approximate surface area is 219 Å². The van der Waals surface area contributed by atoms with Crippen LogP contribution in [-0.2, 0) is 57.1 Å². The normalized spacial score (nSPS) is 11.1. The monoisotopic (exact) mass is 536 g/mol. The van der Waals surface area contributed by atoms with Gasteiger partial charge in [-0.15, -0.1) is 0 Å². The van der Waals surface area contributed by atoms with E-state index in [9.17, 15) is 19.2 Å². The highest BCUT2D eigenvalue weighted by molar-refractivity contribution is 5.66. The van der Waals surface area contributed by atoms with Crippen LogP contribution in [0.4, 0.5) is 0 Å². The van der Waals surface area contributed by atoms with Crippen molar-refractivity contribution in [2.24, 2.45) is 5.41 Å². The molecule has 0 aliphatic carbocycles. The van der Waals surface area contributed by atoms with Gasteiger partial charge in [0.15, 0.2) is 0 Å². The smallest absolute Gasteiger partial charge is 0.302 e. The quantitative estimate of drug-likeness (QED) is 0.101. The molecule has 0 saturated heterocycles. The number of hydrogen-bond donors (Lipinski definition) is 0. The molecule has 0 atom stereocenters. The first-order chi connectivity index (χ1) is 17.7. The fourth-order valence-corrected chi connectivity index (χ4v) is 2.91. The van der Waals surface area contributed by atoms with Gasteiger partial charge in [0.05, 0.1) is 58.3 Å². The second-order valence-electron chi connectivity index (χ2n) is 8.48. The summed E-state index contributed by atoms with van der Waals surface area (Å²) in [6.07, 6.45) is 2.13. The highest BCUT2D eigenvalue weighted by atomic mass is 16.6. The fourth-order valence-electron chi connectivity index (χ4n) is 2.91. The van der Waals surface area contributed by atoms with Crippen molar-refractivity contribution in [3.63, 3.8) is 0 Å². The van der Waals surface area contributed by atoms with Gasteiger partial charge in [-0.25, -0.2) is 0 Å². The maximum Gasteiger partial charge on any atom is 0.302 e. The minimum atomic E-state index is -0.661. The largest absolute Gasteiger partial charge is 0.466 e. The van der Waals surface area contributed by atoms with Gasteiger partial charge in [-0.1, -0.05) is 0 Å². The third-order valence-electron chi connectivity index (χ3n) is 4.59. The summed E-state index contributed by atoms with van der Waals surface area (Å²) < 4.78 is 43.2. The maximum atomic E-state index is 10.9. The summed E-state index contributed by atoms with van der Waals surface area (Å²) in [5, 5.41) is 0. The molecule has 12 nitrogen and oxygen atoms in total. The topological polar surface area (TPSA) is 142 Å². The van der Waals surface area contributed by atoms with Gasteiger partial charge in [0.2, 0.25) is 0 Å². The molecular formula is C25H44O12. The van der Waals surface area contributed by atoms with Crippen LogP contribution in [0.3, 0.4) is 0 Å². The summed E-state index contributed by atoms with van der Waals surface area (Å²) in [5.41, 5.74) is -0.661. The summed E-state index contributed by atoms with van der Waals surface area (Å²) >= 11 is 0. The third kappa shape index (κ3) is 23.8. The molecule has 0 rings (SSSR count). The van der Waals surface area contributed by atoms with Crippen molar-refractivity contribution in [2.75, 3.05) is 79.3 Å². The van der Waals surface area contributed by atoms with Crippen molar-refractivity contribution in [3.8, 4) is 0 Å². The van der Waals surface area contributed by atoms with E-state index in [0.717, 1.165) is 0 Å². The lowest BCUT2D eigenvalue weighted by Gasteiger charge is -2.33. The Morgan fingerprint density at radius 2 is 0.622 bits per heavy atom. The number of rotatable bonds is 24. The highest BCUT2D eigenvalue weighted by Gasteiger charge is 2.32. The first-order valence-corrected chi connectivity index (χ1v) is 12.5. The van der Waals surface area contributed by atoms with Crippen molar-refractivity contribution in [1.82, 2.24) is 0 Å². The summed E-state index contributed by atoms with van der Waals surface area (Å²) in [6.45, 7) is 8.90. The van der Waals surface area contributed by atoms with Crippen molar-refractivity contribution in [2.45, 2.75) is 53.4 Å². The lowest BCUT2D eigenvalue weighted by atomic mass is 9.92. The third-order valence-corrected chi connectivity index (χ3v) is 4.59. The molecule has 0 aromatic heterocycles. The van der Waals surface area contributed by atoms with E-state index in [0.29, 0.717) is 52.1 Å². The molecule has 0 bridgehead atoms. The van der Waals surface area contributed by atoms with Crippen LogP contribution in [0.2, 0.25) is 0 Å². The predicted octanol–water partition coefficient (Wildman–Crippen LogP) is 1.85. The second kappa shape index (κ2) is 22.9. The van der Waals surface area contributed by atoms with E-state index in [1.54, 1.807) is 0 Å². The summed E-state index contributed by atoms with van der Waals surface area (Å²) in [6, 6.07) is 0. The highest BCUT2D eigenvalue weighted by Crippen LogP contribution is 2.21. The lowest BCUT2D eigenvalue weighted by Crippen LogP contribution is -2.42. The van der Waals surface area contributed by atoms with Crippen LogP contribution in [0.25, 0.3) is 0 Å². The molecule has 12 heteroatoms. The molecule has 0 N–H and O–H groups in total. The van der Waals surface area contributed by atoms with Gasteiger partial charge < -0.3 is 37.9 Å². The number of carbonyl (C=O) groups excluding carboxylic acids is 4. The molecule has 0 amide bonds. The summed E-state index contributed by atoms with van der Waals surface area (Å²) in [4.78, 5) is 43.7. The molecule has 37 heavy (non-hydrogen) atoms. The van der Waals surface area contributed by atoms with E-state index in [1.807, 2.05) is 0 Å². The van der Waals surface area contributed by atoms with E-state index in [1.165, 1.54) is 27.7 Å². The van der Waals surface area contributed by atoms with E-state index in [2.05, 4.69) is 0 Å². The van der Waals surface area contributed by atoms with Gasteiger partial charge in [-0.3, -0.25) is 19.2 Å². The minimum absolute atomic E-state index is 0.255. The Kier molecular flexibility index (Phi) is 21.5. The molecule has 0 saturated carbocycles. The zero-order valence-corrected chi connectivity index (χ0v) is 22.7. The molecule has 0 fully saturated rings. The van der Waals surface area contributed by atoms with Crippen LogP contribution < -0.4 is 0 Å². The van der Waals surface area contributed by atoms with Crippen LogP contribution >= 0.6 is 0 Å². The minimum Gasteiger partial charge on any atom is -0.466 e. The SMILES string of the molecule is CC(=O)OCCCOCC(COCCCOC(C)=O)(COCCCOC(C)=O)COCCCOC(C)=O. The maximum absolute atomic E-state index is 10.9. The molecule has 0 unspecified atom stereocenters. The number of hydrogen-bond acceptors (Lipinski definition) is 12. The zero-order valence-electron chi connectivity index (χ0n) is 22.7. The molecule has 0 aromatic carbocycles. The molecular weight excluding hydrogens is 492 g/mol. The van der Waals surface area contributed by atoms with E-state index >= 15 is 0 Å². The Morgan fingerprint density at radius 1 is 0.405 bits per heavy atom. The van der Waals surface area contributed by atoms with Crippen molar-refractivity contribution in [3.05, 3.63) is 0 Å². The standard InChI is InChI=1S/C25H44O12/c1-21(26)34-13-5-9-30-17-25(18-31-10-6-14-35-22(2)27,19-32-11-7-15-36-23(3)28)20-33-12-8-16-37-24(4)29/h5-20H2,1-4H3. The Bertz CT molecular complexity index is 528. The van der Waals surface area contributed by atoms with Crippen LogP contribution in [0.5, 0.6) is 0 Å². The Balaban J connectivity index is 4.94. The first-order valence-electron chi connectivity index (χ1n) is 12.5. The predicted molar refractivity (Wildman–Crippen MR) is 131 cm³/mol. The molecule has 0 aliphatic rings. The van der Waals surface area contributed by atoms with Crippen LogP contribution in [0.15, 0.2) is 0 Å². The second-order valence-corrected chi connectivity index (χ2v) is 8.48. The summed E-state index contributed by atoms with van der Waals surface area (Å²) in [5.74, 6) is -1.39. The van der Waals surface area contributed by atoms with Gasteiger partial charge >= 0.3 is 23.9 Å². The van der Waals surface area contributed by atoms with Gasteiger partial charge in [0, 0.05) is 79.8 Å². The van der Waals surface area contributed by atoms with E-state index in [4.69, 9.17) is 37.9 Å². The van der Waals surface area contributed by atoms with Crippen molar-refractivity contribution >= 4 is 23.9 Å². The molecule has 216 valence electrons. The van der Waals surface area contributed by atoms with E-state index < -0.39 is 5.41 Å². The number of ether oxygens (including phenoxy) is 8. The number of carbonyl (C=O) groups is 4. The van der Waals surface area contributed by atoms with Crippen molar-refractivity contribution in [1.29, 1.82) is 0 Å². The molecule has 0 heterocycles. The van der Waals surface area contributed by atoms with Gasteiger partial charge in [0.1, 0.15) is 0 Å². The van der Waals surface area contributed by atoms with Gasteiger partial charge in [0.25, 0.3) is 0 Å².